The lowest BCUT2D eigenvalue weighted by molar-refractivity contribution is 0.214. The third-order valence-corrected chi connectivity index (χ3v) is 6.02. The van der Waals surface area contributed by atoms with Crippen LogP contribution in [0, 0.1) is 0 Å². The van der Waals surface area contributed by atoms with Gasteiger partial charge in [-0.1, -0.05) is 13.8 Å². The third kappa shape index (κ3) is 3.76. The van der Waals surface area contributed by atoms with Crippen LogP contribution >= 0.6 is 15.9 Å². The summed E-state index contributed by atoms with van der Waals surface area (Å²) in [4.78, 5) is 4.42. The van der Waals surface area contributed by atoms with Crippen molar-refractivity contribution in [3.8, 4) is 0 Å². The Morgan fingerprint density at radius 2 is 2.10 bits per heavy atom. The van der Waals surface area contributed by atoms with Crippen molar-refractivity contribution in [1.29, 1.82) is 0 Å². The molecule has 1 aliphatic carbocycles. The Bertz CT molecular complexity index is 595. The Morgan fingerprint density at radius 3 is 2.62 bits per heavy atom. The summed E-state index contributed by atoms with van der Waals surface area (Å²) in [7, 11) is -3.58. The molecule has 5 nitrogen and oxygen atoms in total. The van der Waals surface area contributed by atoms with Crippen LogP contribution in [0.15, 0.2) is 21.6 Å². The van der Waals surface area contributed by atoms with Gasteiger partial charge < -0.3 is 5.32 Å². The molecule has 1 aliphatic rings. The highest BCUT2D eigenvalue weighted by Crippen LogP contribution is 2.36. The van der Waals surface area contributed by atoms with E-state index in [4.69, 9.17) is 0 Å². The fraction of sp³-hybridized carbons (Fsp3) is 0.643. The van der Waals surface area contributed by atoms with E-state index in [0.29, 0.717) is 16.8 Å². The fourth-order valence-corrected chi connectivity index (χ4v) is 4.65. The molecule has 7 heteroatoms. The monoisotopic (exact) mass is 375 g/mol. The Hall–Kier alpha value is -0.660. The van der Waals surface area contributed by atoms with Gasteiger partial charge in [0.1, 0.15) is 10.7 Å². The van der Waals surface area contributed by atoms with Crippen molar-refractivity contribution in [1.82, 2.24) is 9.71 Å². The first-order valence-electron chi connectivity index (χ1n) is 7.36. The minimum Gasteiger partial charge on any atom is -0.369 e. The molecule has 1 saturated carbocycles. The Morgan fingerprint density at radius 1 is 1.38 bits per heavy atom. The Balaban J connectivity index is 2.32. The molecule has 0 aromatic carbocycles. The predicted octanol–water partition coefficient (Wildman–Crippen LogP) is 3.28. The van der Waals surface area contributed by atoms with Crippen LogP contribution < -0.4 is 10.0 Å². The number of rotatable bonds is 7. The second-order valence-electron chi connectivity index (χ2n) is 5.52. The van der Waals surface area contributed by atoms with Crippen molar-refractivity contribution in [2.24, 2.45) is 0 Å². The maximum absolute atomic E-state index is 12.7. The molecule has 0 amide bonds. The van der Waals surface area contributed by atoms with Crippen LogP contribution in [0.25, 0.3) is 0 Å². The number of pyridine rings is 1. The lowest BCUT2D eigenvalue weighted by Crippen LogP contribution is -2.52. The molecule has 2 rings (SSSR count). The van der Waals surface area contributed by atoms with Crippen molar-refractivity contribution in [2.75, 3.05) is 11.9 Å². The van der Waals surface area contributed by atoms with Crippen LogP contribution in [0.1, 0.15) is 46.0 Å². The van der Waals surface area contributed by atoms with E-state index >= 15 is 0 Å². The zero-order valence-electron chi connectivity index (χ0n) is 12.4. The van der Waals surface area contributed by atoms with Crippen molar-refractivity contribution in [3.05, 3.63) is 16.7 Å². The van der Waals surface area contributed by atoms with Crippen LogP contribution in [0.2, 0.25) is 0 Å². The average Bonchev–Trinajstić information content (AvgIpc) is 2.41. The van der Waals surface area contributed by atoms with E-state index in [9.17, 15) is 8.42 Å². The second-order valence-corrected chi connectivity index (χ2v) is 8.09. The molecule has 1 heterocycles. The largest absolute Gasteiger partial charge is 0.369 e. The summed E-state index contributed by atoms with van der Waals surface area (Å²) in [5.41, 5.74) is -0.275. The fourth-order valence-electron chi connectivity index (χ4n) is 2.47. The van der Waals surface area contributed by atoms with Gasteiger partial charge in [0.15, 0.2) is 0 Å². The molecule has 0 radical (unpaired) electrons. The van der Waals surface area contributed by atoms with Crippen LogP contribution in [0.3, 0.4) is 0 Å². The number of anilines is 1. The topological polar surface area (TPSA) is 71.1 Å². The Labute approximate surface area is 135 Å². The minimum atomic E-state index is -3.58. The first-order chi connectivity index (χ1) is 9.92. The zero-order valence-corrected chi connectivity index (χ0v) is 14.8. The first-order valence-corrected chi connectivity index (χ1v) is 9.63. The van der Waals surface area contributed by atoms with E-state index in [1.54, 1.807) is 12.3 Å². The number of sulfonamides is 1. The van der Waals surface area contributed by atoms with E-state index in [0.717, 1.165) is 32.1 Å². The Kier molecular flexibility index (Phi) is 5.27. The van der Waals surface area contributed by atoms with Crippen molar-refractivity contribution in [3.63, 3.8) is 0 Å². The summed E-state index contributed by atoms with van der Waals surface area (Å²) < 4.78 is 29.0. The zero-order chi connectivity index (χ0) is 15.5. The number of hydrogen-bond donors (Lipinski definition) is 2. The van der Waals surface area contributed by atoms with Gasteiger partial charge in [-0.3, -0.25) is 0 Å². The summed E-state index contributed by atoms with van der Waals surface area (Å²) in [6.07, 6.45) is 6.21. The molecule has 0 atom stereocenters. The van der Waals surface area contributed by atoms with Gasteiger partial charge in [0, 0.05) is 22.8 Å². The lowest BCUT2D eigenvalue weighted by atomic mass is 9.76. The molecule has 118 valence electrons. The van der Waals surface area contributed by atoms with Crippen LogP contribution in [-0.4, -0.2) is 25.5 Å². The minimum absolute atomic E-state index is 0.213. The van der Waals surface area contributed by atoms with Gasteiger partial charge in [-0.25, -0.2) is 18.1 Å². The van der Waals surface area contributed by atoms with Crippen molar-refractivity contribution < 1.29 is 8.42 Å². The average molecular weight is 376 g/mol. The summed E-state index contributed by atoms with van der Waals surface area (Å²) in [5, 5.41) is 3.08. The molecule has 0 unspecified atom stereocenters. The summed E-state index contributed by atoms with van der Waals surface area (Å²) >= 11 is 3.30. The van der Waals surface area contributed by atoms with Crippen molar-refractivity contribution >= 4 is 31.8 Å². The predicted molar refractivity (Wildman–Crippen MR) is 87.9 cm³/mol. The van der Waals surface area contributed by atoms with Crippen LogP contribution in [-0.2, 0) is 10.0 Å². The van der Waals surface area contributed by atoms with E-state index in [1.165, 1.54) is 0 Å². The second kappa shape index (κ2) is 6.62. The third-order valence-electron chi connectivity index (χ3n) is 3.99. The molecule has 2 N–H and O–H groups in total. The molecule has 0 bridgehead atoms. The van der Waals surface area contributed by atoms with Crippen molar-refractivity contribution in [2.45, 2.75) is 56.4 Å². The quantitative estimate of drug-likeness (QED) is 0.766. The molecule has 1 aromatic heterocycles. The van der Waals surface area contributed by atoms with Gasteiger partial charge in [-0.15, -0.1) is 0 Å². The summed E-state index contributed by atoms with van der Waals surface area (Å²) in [5.74, 6) is 0.415. The van der Waals surface area contributed by atoms with Gasteiger partial charge in [-0.05, 0) is 54.1 Å². The normalized spacial score (nSPS) is 17.3. The molecule has 0 saturated heterocycles. The lowest BCUT2D eigenvalue weighted by Gasteiger charge is -2.41. The molecule has 0 spiro atoms. The molecule has 1 fully saturated rings. The van der Waals surface area contributed by atoms with Gasteiger partial charge >= 0.3 is 0 Å². The van der Waals surface area contributed by atoms with Gasteiger partial charge in [0.05, 0.1) is 0 Å². The number of hydrogen-bond acceptors (Lipinski definition) is 4. The van der Waals surface area contributed by atoms with Crippen LogP contribution in [0.5, 0.6) is 0 Å². The summed E-state index contributed by atoms with van der Waals surface area (Å²) in [6, 6.07) is 1.61. The maximum Gasteiger partial charge on any atom is 0.244 e. The SMILES string of the molecule is CCCNc1ncc(Br)cc1S(=O)(=O)NC1(CC)CCC1. The smallest absolute Gasteiger partial charge is 0.244 e. The number of halogens is 1. The standard InChI is InChI=1S/C14H22BrN3O2S/c1-3-8-16-13-12(9-11(15)10-17-13)21(19,20)18-14(4-2)6-5-7-14/h9-10,18H,3-8H2,1-2H3,(H,16,17). The van der Waals surface area contributed by atoms with E-state index in [2.05, 4.69) is 31.0 Å². The molecule has 21 heavy (non-hydrogen) atoms. The number of nitrogens with zero attached hydrogens (tertiary/aromatic N) is 1. The molecule has 0 aliphatic heterocycles. The highest BCUT2D eigenvalue weighted by molar-refractivity contribution is 9.10. The number of aromatic nitrogens is 1. The summed E-state index contributed by atoms with van der Waals surface area (Å²) in [6.45, 7) is 4.74. The maximum atomic E-state index is 12.7. The molecular weight excluding hydrogens is 354 g/mol. The van der Waals surface area contributed by atoms with E-state index < -0.39 is 10.0 Å². The molecular formula is C14H22BrN3O2S. The van der Waals surface area contributed by atoms with Gasteiger partial charge in [-0.2, -0.15) is 0 Å². The highest BCUT2D eigenvalue weighted by Gasteiger charge is 2.39. The van der Waals surface area contributed by atoms with Gasteiger partial charge in [0.2, 0.25) is 10.0 Å². The first kappa shape index (κ1) is 16.7. The highest BCUT2D eigenvalue weighted by atomic mass is 79.9. The van der Waals surface area contributed by atoms with E-state index in [1.807, 2.05) is 13.8 Å². The van der Waals surface area contributed by atoms with E-state index in [-0.39, 0.29) is 10.4 Å². The number of nitrogens with one attached hydrogen (secondary N) is 2. The molecule has 1 aromatic rings. The van der Waals surface area contributed by atoms with Gasteiger partial charge in [0.25, 0.3) is 0 Å². The van der Waals surface area contributed by atoms with Crippen LogP contribution in [0.4, 0.5) is 5.82 Å².